The van der Waals surface area contributed by atoms with Gasteiger partial charge in [0, 0.05) is 16.7 Å². The summed E-state index contributed by atoms with van der Waals surface area (Å²) in [6.45, 7) is 1.33. The fourth-order valence-corrected chi connectivity index (χ4v) is 3.99. The van der Waals surface area contributed by atoms with Crippen LogP contribution in [0.1, 0.15) is 18.5 Å². The summed E-state index contributed by atoms with van der Waals surface area (Å²) in [5, 5.41) is 0. The summed E-state index contributed by atoms with van der Waals surface area (Å²) in [4.78, 5) is 25.9. The van der Waals surface area contributed by atoms with Crippen molar-refractivity contribution in [1.82, 2.24) is 4.31 Å². The summed E-state index contributed by atoms with van der Waals surface area (Å²) in [6, 6.07) is 17.4. The van der Waals surface area contributed by atoms with Crippen molar-refractivity contribution in [3.8, 4) is 0 Å². The summed E-state index contributed by atoms with van der Waals surface area (Å²) in [5.41, 5.74) is 0.960. The molecule has 1 amide bonds. The quantitative estimate of drug-likeness (QED) is 0.350. The maximum atomic E-state index is 12.4. The number of carbonyl (C=O) groups excluding carboxylic acids is 2. The average molecular weight is 359 g/mol. The summed E-state index contributed by atoms with van der Waals surface area (Å²) >= 11 is 3.03. The van der Waals surface area contributed by atoms with Crippen molar-refractivity contribution in [3.63, 3.8) is 0 Å². The van der Waals surface area contributed by atoms with Gasteiger partial charge in [-0.1, -0.05) is 30.3 Å². The van der Waals surface area contributed by atoms with Gasteiger partial charge in [-0.05, 0) is 48.0 Å². The van der Waals surface area contributed by atoms with Crippen LogP contribution in [0.25, 0.3) is 0 Å². The smallest absolute Gasteiger partial charge is 0.303 e. The third-order valence-electron chi connectivity index (χ3n) is 3.70. The number of hydrogen-bond acceptors (Lipinski definition) is 5. The second-order valence-corrected chi connectivity index (χ2v) is 7.24. The number of esters is 1. The lowest BCUT2D eigenvalue weighted by Crippen LogP contribution is -2.56. The number of benzene rings is 2. The maximum absolute atomic E-state index is 12.4. The summed E-state index contributed by atoms with van der Waals surface area (Å²) in [6.07, 6.45) is 1.26. The third-order valence-corrected chi connectivity index (χ3v) is 5.53. The van der Waals surface area contributed by atoms with E-state index >= 15 is 0 Å². The van der Waals surface area contributed by atoms with E-state index in [4.69, 9.17) is 4.74 Å². The van der Waals surface area contributed by atoms with Gasteiger partial charge < -0.3 is 4.74 Å². The molecule has 4 nitrogen and oxygen atoms in total. The minimum absolute atomic E-state index is 0.182. The second kappa shape index (κ2) is 7.32. The predicted molar refractivity (Wildman–Crippen MR) is 95.7 cm³/mol. The molecule has 1 aliphatic heterocycles. The molecular weight excluding hydrogens is 342 g/mol. The Kier molecular flexibility index (Phi) is 5.16. The van der Waals surface area contributed by atoms with Gasteiger partial charge in [-0.15, -0.1) is 11.8 Å². The Balaban J connectivity index is 1.85. The second-order valence-electron chi connectivity index (χ2n) is 5.32. The molecule has 24 heavy (non-hydrogen) atoms. The van der Waals surface area contributed by atoms with Gasteiger partial charge in [-0.25, -0.2) is 0 Å². The van der Waals surface area contributed by atoms with E-state index in [1.54, 1.807) is 16.1 Å². The summed E-state index contributed by atoms with van der Waals surface area (Å²) in [5.74, 6) is -0.624. The van der Waals surface area contributed by atoms with Crippen LogP contribution < -0.4 is 0 Å². The molecule has 0 aliphatic carbocycles. The van der Waals surface area contributed by atoms with Crippen molar-refractivity contribution >= 4 is 35.6 Å². The first-order valence-electron chi connectivity index (χ1n) is 7.47. The molecule has 2 atom stereocenters. The van der Waals surface area contributed by atoms with Crippen molar-refractivity contribution in [3.05, 3.63) is 60.2 Å². The van der Waals surface area contributed by atoms with Crippen LogP contribution in [0, 0.1) is 0 Å². The van der Waals surface area contributed by atoms with Crippen LogP contribution in [0.5, 0.6) is 0 Å². The molecule has 0 saturated carbocycles. The summed E-state index contributed by atoms with van der Waals surface area (Å²) in [7, 11) is 0. The molecule has 1 fully saturated rings. The molecule has 0 spiro atoms. The largest absolute Gasteiger partial charge is 0.450 e. The highest BCUT2D eigenvalue weighted by molar-refractivity contribution is 7.98. The first kappa shape index (κ1) is 16.9. The standard InChI is InChI=1S/C18H17NO3S2/c1-12(20)22-17-16(13-8-10-14(23-2)11-9-13)19(18(17)21)24-15-6-4-3-5-7-15/h3-11,16-17H,1-2H3/t16-,17-/m0/s1. The molecule has 0 radical (unpaired) electrons. The van der Waals surface area contributed by atoms with E-state index < -0.39 is 12.1 Å². The molecule has 3 rings (SSSR count). The van der Waals surface area contributed by atoms with E-state index in [-0.39, 0.29) is 11.9 Å². The number of β-lactam (4-membered cyclic amide) rings is 1. The van der Waals surface area contributed by atoms with Gasteiger partial charge in [-0.2, -0.15) is 0 Å². The van der Waals surface area contributed by atoms with Crippen LogP contribution in [-0.2, 0) is 14.3 Å². The Bertz CT molecular complexity index is 734. The van der Waals surface area contributed by atoms with Gasteiger partial charge in [0.15, 0.2) is 0 Å². The maximum Gasteiger partial charge on any atom is 0.303 e. The van der Waals surface area contributed by atoms with Crippen molar-refractivity contribution in [1.29, 1.82) is 0 Å². The molecular formula is C18H17NO3S2. The van der Waals surface area contributed by atoms with Crippen LogP contribution in [-0.4, -0.2) is 28.5 Å². The van der Waals surface area contributed by atoms with Crippen LogP contribution in [0.3, 0.4) is 0 Å². The molecule has 0 unspecified atom stereocenters. The van der Waals surface area contributed by atoms with E-state index in [0.717, 1.165) is 15.4 Å². The highest BCUT2D eigenvalue weighted by Crippen LogP contribution is 2.44. The number of nitrogens with zero attached hydrogens (tertiary/aromatic N) is 1. The van der Waals surface area contributed by atoms with Gasteiger partial charge in [0.05, 0.1) is 0 Å². The zero-order chi connectivity index (χ0) is 17.1. The predicted octanol–water partition coefficient (Wildman–Crippen LogP) is 3.93. The minimum Gasteiger partial charge on any atom is -0.450 e. The molecule has 0 N–H and O–H groups in total. The number of ether oxygens (including phenoxy) is 1. The first-order valence-corrected chi connectivity index (χ1v) is 9.47. The Hall–Kier alpha value is -1.92. The molecule has 124 valence electrons. The van der Waals surface area contributed by atoms with Crippen molar-refractivity contribution in [2.45, 2.75) is 28.9 Å². The van der Waals surface area contributed by atoms with Gasteiger partial charge >= 0.3 is 5.97 Å². The van der Waals surface area contributed by atoms with Crippen molar-refractivity contribution in [2.75, 3.05) is 6.26 Å². The topological polar surface area (TPSA) is 46.6 Å². The molecule has 2 aromatic rings. The average Bonchev–Trinajstić information content (AvgIpc) is 2.61. The Morgan fingerprint density at radius 2 is 1.71 bits per heavy atom. The molecule has 2 aromatic carbocycles. The third kappa shape index (κ3) is 3.44. The first-order chi connectivity index (χ1) is 11.6. The van der Waals surface area contributed by atoms with Crippen LogP contribution in [0.15, 0.2) is 64.4 Å². The Morgan fingerprint density at radius 3 is 2.29 bits per heavy atom. The Morgan fingerprint density at radius 1 is 1.04 bits per heavy atom. The van der Waals surface area contributed by atoms with E-state index in [1.807, 2.05) is 60.9 Å². The van der Waals surface area contributed by atoms with E-state index in [9.17, 15) is 9.59 Å². The fraction of sp³-hybridized carbons (Fsp3) is 0.222. The molecule has 1 saturated heterocycles. The van der Waals surface area contributed by atoms with Gasteiger partial charge in [0.2, 0.25) is 6.10 Å². The van der Waals surface area contributed by atoms with Crippen molar-refractivity contribution < 1.29 is 14.3 Å². The zero-order valence-corrected chi connectivity index (χ0v) is 15.0. The van der Waals surface area contributed by atoms with Crippen LogP contribution in [0.4, 0.5) is 0 Å². The molecule has 0 bridgehead atoms. The highest BCUT2D eigenvalue weighted by Gasteiger charge is 2.51. The highest BCUT2D eigenvalue weighted by atomic mass is 32.2. The van der Waals surface area contributed by atoms with Gasteiger partial charge in [0.1, 0.15) is 6.04 Å². The Labute approximate surface area is 149 Å². The molecule has 6 heteroatoms. The van der Waals surface area contributed by atoms with Crippen LogP contribution >= 0.6 is 23.7 Å². The lowest BCUT2D eigenvalue weighted by Gasteiger charge is -2.44. The van der Waals surface area contributed by atoms with Gasteiger partial charge in [-0.3, -0.25) is 13.9 Å². The SMILES string of the molecule is CSc1ccc([C@H]2[C@H](OC(C)=O)C(=O)N2Sc2ccccc2)cc1. The van der Waals surface area contributed by atoms with E-state index in [0.29, 0.717) is 0 Å². The van der Waals surface area contributed by atoms with Crippen LogP contribution in [0.2, 0.25) is 0 Å². The number of carbonyl (C=O) groups is 2. The van der Waals surface area contributed by atoms with E-state index in [2.05, 4.69) is 0 Å². The zero-order valence-electron chi connectivity index (χ0n) is 13.3. The van der Waals surface area contributed by atoms with Crippen molar-refractivity contribution in [2.24, 2.45) is 0 Å². The monoisotopic (exact) mass is 359 g/mol. The number of amides is 1. The fourth-order valence-electron chi connectivity index (χ4n) is 2.54. The lowest BCUT2D eigenvalue weighted by molar-refractivity contribution is -0.173. The summed E-state index contributed by atoms with van der Waals surface area (Å²) < 4.78 is 6.92. The van der Waals surface area contributed by atoms with Gasteiger partial charge in [0.25, 0.3) is 5.91 Å². The van der Waals surface area contributed by atoms with E-state index in [1.165, 1.54) is 18.9 Å². The number of rotatable bonds is 5. The molecule has 1 aliphatic rings. The molecule has 0 aromatic heterocycles. The normalized spacial score (nSPS) is 19.8. The number of thioether (sulfide) groups is 1. The lowest BCUT2D eigenvalue weighted by atomic mass is 9.94. The number of hydrogen-bond donors (Lipinski definition) is 0. The minimum atomic E-state index is -0.751. The molecule has 1 heterocycles.